The van der Waals surface area contributed by atoms with Crippen molar-refractivity contribution in [3.63, 3.8) is 0 Å². The summed E-state index contributed by atoms with van der Waals surface area (Å²) >= 11 is 0. The first kappa shape index (κ1) is 13.1. The number of hydrogen-bond donors (Lipinski definition) is 1. The maximum absolute atomic E-state index is 4.88. The van der Waals surface area contributed by atoms with Crippen LogP contribution in [0, 0.1) is 0 Å². The van der Waals surface area contributed by atoms with Crippen LogP contribution in [0.25, 0.3) is 27.6 Å². The molecule has 0 radical (unpaired) electrons. The van der Waals surface area contributed by atoms with Crippen LogP contribution in [0.4, 0.5) is 11.5 Å². The fourth-order valence-corrected chi connectivity index (χ4v) is 3.09. The van der Waals surface area contributed by atoms with Crippen molar-refractivity contribution in [2.75, 3.05) is 5.32 Å². The Balaban J connectivity index is 1.86. The lowest BCUT2D eigenvalue weighted by Gasteiger charge is -2.09. The van der Waals surface area contributed by atoms with Crippen LogP contribution in [-0.4, -0.2) is 14.4 Å². The van der Waals surface area contributed by atoms with Crippen LogP contribution in [0.1, 0.15) is 0 Å². The fraction of sp³-hybridized carbons (Fsp3) is 0. The molecule has 4 heteroatoms. The molecular weight excluding hydrogens is 296 g/mol. The average Bonchev–Trinajstić information content (AvgIpc) is 3.02. The number of para-hydroxylation sites is 1. The number of anilines is 2. The Kier molecular flexibility index (Phi) is 2.76. The monoisotopic (exact) mass is 310 g/mol. The molecule has 5 rings (SSSR count). The van der Waals surface area contributed by atoms with Crippen LogP contribution in [0.3, 0.4) is 0 Å². The molecule has 0 fully saturated rings. The second kappa shape index (κ2) is 5.06. The quantitative estimate of drug-likeness (QED) is 0.510. The number of aromatic nitrogens is 3. The summed E-state index contributed by atoms with van der Waals surface area (Å²) in [6, 6.07) is 24.3. The molecule has 0 spiro atoms. The number of pyridine rings is 2. The Morgan fingerprint density at radius 1 is 0.708 bits per heavy atom. The summed E-state index contributed by atoms with van der Waals surface area (Å²) in [5.41, 5.74) is 3.71. The predicted molar refractivity (Wildman–Crippen MR) is 97.7 cm³/mol. The molecule has 0 aliphatic carbocycles. The molecule has 0 saturated carbocycles. The van der Waals surface area contributed by atoms with Gasteiger partial charge in [-0.25, -0.2) is 9.97 Å². The van der Waals surface area contributed by atoms with Gasteiger partial charge in [-0.1, -0.05) is 48.5 Å². The predicted octanol–water partition coefficient (Wildman–Crippen LogP) is 4.78. The van der Waals surface area contributed by atoms with Crippen molar-refractivity contribution in [1.29, 1.82) is 0 Å². The third kappa shape index (κ3) is 1.93. The van der Waals surface area contributed by atoms with Crippen molar-refractivity contribution in [1.82, 2.24) is 14.4 Å². The fourth-order valence-electron chi connectivity index (χ4n) is 3.09. The lowest BCUT2D eigenvalue weighted by Crippen LogP contribution is -1.96. The van der Waals surface area contributed by atoms with E-state index in [2.05, 4.69) is 17.4 Å². The van der Waals surface area contributed by atoms with Gasteiger partial charge in [0.2, 0.25) is 0 Å². The summed E-state index contributed by atoms with van der Waals surface area (Å²) < 4.78 is 2.03. The topological polar surface area (TPSA) is 42.2 Å². The number of benzene rings is 2. The van der Waals surface area contributed by atoms with Crippen molar-refractivity contribution in [2.45, 2.75) is 0 Å². The lowest BCUT2D eigenvalue weighted by molar-refractivity contribution is 1.19. The molecule has 24 heavy (non-hydrogen) atoms. The van der Waals surface area contributed by atoms with Gasteiger partial charge in [-0.15, -0.1) is 0 Å². The molecule has 114 valence electrons. The van der Waals surface area contributed by atoms with E-state index in [0.717, 1.165) is 39.1 Å². The molecule has 0 unspecified atom stereocenters. The molecule has 5 aromatic rings. The van der Waals surface area contributed by atoms with Gasteiger partial charge in [-0.05, 0) is 24.3 Å². The van der Waals surface area contributed by atoms with Gasteiger partial charge in [0.25, 0.3) is 0 Å². The highest BCUT2D eigenvalue weighted by molar-refractivity contribution is 6.09. The van der Waals surface area contributed by atoms with Gasteiger partial charge in [0.05, 0.1) is 0 Å². The van der Waals surface area contributed by atoms with Crippen LogP contribution < -0.4 is 5.32 Å². The molecule has 0 atom stereocenters. The van der Waals surface area contributed by atoms with E-state index >= 15 is 0 Å². The van der Waals surface area contributed by atoms with Crippen LogP contribution in [-0.2, 0) is 0 Å². The molecule has 1 N–H and O–H groups in total. The molecule has 3 aromatic heterocycles. The zero-order valence-corrected chi connectivity index (χ0v) is 12.8. The largest absolute Gasteiger partial charge is 0.340 e. The first-order chi connectivity index (χ1) is 11.9. The van der Waals surface area contributed by atoms with Crippen molar-refractivity contribution in [3.05, 3.63) is 79.0 Å². The Labute approximate surface area is 138 Å². The highest BCUT2D eigenvalue weighted by atomic mass is 15.1. The highest BCUT2D eigenvalue weighted by Gasteiger charge is 2.13. The lowest BCUT2D eigenvalue weighted by atomic mass is 10.1. The minimum Gasteiger partial charge on any atom is -0.340 e. The molecule has 0 bridgehead atoms. The summed E-state index contributed by atoms with van der Waals surface area (Å²) in [5, 5.41) is 5.61. The van der Waals surface area contributed by atoms with E-state index in [1.165, 1.54) is 0 Å². The first-order valence-electron chi connectivity index (χ1n) is 7.88. The third-order valence-corrected chi connectivity index (χ3v) is 4.20. The Hall–Kier alpha value is -3.40. The molecule has 0 aliphatic rings. The molecule has 4 nitrogen and oxygen atoms in total. The van der Waals surface area contributed by atoms with Crippen LogP contribution >= 0.6 is 0 Å². The van der Waals surface area contributed by atoms with Gasteiger partial charge in [0.1, 0.15) is 17.0 Å². The summed E-state index contributed by atoms with van der Waals surface area (Å²) in [6.07, 6.45) is 2.00. The van der Waals surface area contributed by atoms with Gasteiger partial charge < -0.3 is 5.32 Å². The molecule has 0 amide bonds. The van der Waals surface area contributed by atoms with Crippen LogP contribution in [0.15, 0.2) is 79.0 Å². The Morgan fingerprint density at radius 2 is 1.46 bits per heavy atom. The van der Waals surface area contributed by atoms with Crippen molar-refractivity contribution >= 4 is 39.1 Å². The number of nitrogens with one attached hydrogen (secondary N) is 1. The van der Waals surface area contributed by atoms with Gasteiger partial charge in [-0.3, -0.25) is 4.40 Å². The first-order valence-corrected chi connectivity index (χ1v) is 7.88. The Bertz CT molecular complexity index is 1180. The van der Waals surface area contributed by atoms with E-state index in [9.17, 15) is 0 Å². The van der Waals surface area contributed by atoms with Crippen molar-refractivity contribution in [2.24, 2.45) is 0 Å². The van der Waals surface area contributed by atoms with Crippen molar-refractivity contribution in [3.8, 4) is 0 Å². The second-order valence-corrected chi connectivity index (χ2v) is 5.71. The van der Waals surface area contributed by atoms with E-state index in [1.807, 2.05) is 71.3 Å². The van der Waals surface area contributed by atoms with E-state index in [0.29, 0.717) is 0 Å². The zero-order valence-electron chi connectivity index (χ0n) is 12.8. The van der Waals surface area contributed by atoms with Crippen molar-refractivity contribution < 1.29 is 0 Å². The van der Waals surface area contributed by atoms with E-state index in [-0.39, 0.29) is 0 Å². The number of hydrogen-bond acceptors (Lipinski definition) is 3. The van der Waals surface area contributed by atoms with E-state index < -0.39 is 0 Å². The number of fused-ring (bicyclic) bond motifs is 5. The summed E-state index contributed by atoms with van der Waals surface area (Å²) in [5.74, 6) is 0.843. The number of imidazole rings is 1. The maximum Gasteiger partial charge on any atom is 0.167 e. The maximum atomic E-state index is 4.88. The molecule has 0 aliphatic heterocycles. The summed E-state index contributed by atoms with van der Waals surface area (Å²) in [6.45, 7) is 0. The van der Waals surface area contributed by atoms with Gasteiger partial charge in [-0.2, -0.15) is 0 Å². The highest BCUT2D eigenvalue weighted by Crippen LogP contribution is 2.31. The minimum atomic E-state index is 0.843. The van der Waals surface area contributed by atoms with Crippen LogP contribution in [0.2, 0.25) is 0 Å². The standard InChI is InChI=1S/C20H14N4/c1-2-8-14(9-3-1)21-19-16-11-5-4-10-15(16)18-20(23-19)24-13-7-6-12-17(24)22-18/h1-13H,(H,21,23). The van der Waals surface area contributed by atoms with Gasteiger partial charge >= 0.3 is 0 Å². The molecule has 2 aromatic carbocycles. The number of rotatable bonds is 2. The number of nitrogens with zero attached hydrogens (tertiary/aromatic N) is 3. The second-order valence-electron chi connectivity index (χ2n) is 5.71. The minimum absolute atomic E-state index is 0.843. The smallest absolute Gasteiger partial charge is 0.167 e. The van der Waals surface area contributed by atoms with E-state index in [4.69, 9.17) is 9.97 Å². The SMILES string of the molecule is c1ccc(Nc2nc3c(nc4ccccn43)c3ccccc23)cc1. The summed E-state index contributed by atoms with van der Waals surface area (Å²) in [4.78, 5) is 9.64. The van der Waals surface area contributed by atoms with Gasteiger partial charge in [0, 0.05) is 22.7 Å². The van der Waals surface area contributed by atoms with Gasteiger partial charge in [0.15, 0.2) is 5.65 Å². The summed E-state index contributed by atoms with van der Waals surface area (Å²) in [7, 11) is 0. The molecular formula is C20H14N4. The molecule has 0 saturated heterocycles. The van der Waals surface area contributed by atoms with Crippen LogP contribution in [0.5, 0.6) is 0 Å². The normalized spacial score (nSPS) is 11.3. The molecule has 3 heterocycles. The van der Waals surface area contributed by atoms with E-state index in [1.54, 1.807) is 0 Å². The zero-order chi connectivity index (χ0) is 15.9. The Morgan fingerprint density at radius 3 is 2.33 bits per heavy atom. The third-order valence-electron chi connectivity index (χ3n) is 4.20. The average molecular weight is 310 g/mol.